The molecule has 0 aliphatic heterocycles. The Labute approximate surface area is 107 Å². The third-order valence-corrected chi connectivity index (χ3v) is 2.56. The van der Waals surface area contributed by atoms with Crippen molar-refractivity contribution in [1.82, 2.24) is 9.55 Å². The van der Waals surface area contributed by atoms with E-state index in [1.165, 1.54) is 0 Å². The lowest BCUT2D eigenvalue weighted by Crippen LogP contribution is -2.29. The van der Waals surface area contributed by atoms with E-state index in [-0.39, 0.29) is 12.4 Å². The van der Waals surface area contributed by atoms with Gasteiger partial charge in [0.05, 0.1) is 6.33 Å². The molecule has 1 unspecified atom stereocenters. The average molecular weight is 262 g/mol. The first-order valence-corrected chi connectivity index (χ1v) is 5.64. The van der Waals surface area contributed by atoms with Crippen LogP contribution in [0.3, 0.4) is 0 Å². The molecule has 5 nitrogen and oxygen atoms in total. The first-order valence-electron chi connectivity index (χ1n) is 5.64. The maximum Gasteiger partial charge on any atom is 0.320 e. The maximum absolute atomic E-state index is 10.4. The Balaban J connectivity index is 0.00000256. The highest BCUT2D eigenvalue weighted by Gasteiger charge is 2.09. The monoisotopic (exact) mass is 261 g/mol. The van der Waals surface area contributed by atoms with Gasteiger partial charge in [0.1, 0.15) is 6.04 Å². The largest absolute Gasteiger partial charge is 0.480 e. The van der Waals surface area contributed by atoms with Gasteiger partial charge < -0.3 is 15.4 Å². The number of hydrogen-bond acceptors (Lipinski definition) is 3. The Bertz CT molecular complexity index is 304. The second-order valence-corrected chi connectivity index (χ2v) is 3.95. The molecule has 0 fully saturated rings. The first kappa shape index (κ1) is 15.9. The number of hydrogen-bond donors (Lipinski definition) is 2. The molecule has 0 saturated heterocycles. The number of nitrogens with zero attached hydrogens (tertiary/aromatic N) is 2. The predicted octanol–water partition coefficient (Wildman–Crippen LogP) is 1.67. The van der Waals surface area contributed by atoms with Crippen LogP contribution in [0.4, 0.5) is 0 Å². The number of nitrogens with two attached hydrogens (primary N) is 1. The van der Waals surface area contributed by atoms with Crippen LogP contribution in [0.15, 0.2) is 18.7 Å². The Hall–Kier alpha value is -1.07. The Kier molecular flexibility index (Phi) is 8.44. The zero-order valence-electron chi connectivity index (χ0n) is 9.79. The van der Waals surface area contributed by atoms with Crippen molar-refractivity contribution in [2.45, 2.75) is 44.7 Å². The summed E-state index contributed by atoms with van der Waals surface area (Å²) in [6.45, 7) is 0.977. The molecule has 1 atom stereocenters. The third-order valence-electron chi connectivity index (χ3n) is 2.56. The van der Waals surface area contributed by atoms with Gasteiger partial charge in [0.15, 0.2) is 0 Å². The van der Waals surface area contributed by atoms with Gasteiger partial charge in [-0.05, 0) is 12.8 Å². The summed E-state index contributed by atoms with van der Waals surface area (Å²) < 4.78 is 2.04. The molecular formula is C11H20ClN3O2. The molecule has 0 spiro atoms. The third kappa shape index (κ3) is 6.97. The normalized spacial score (nSPS) is 11.8. The highest BCUT2D eigenvalue weighted by molar-refractivity contribution is 5.85. The molecule has 1 rings (SSSR count). The van der Waals surface area contributed by atoms with Crippen molar-refractivity contribution in [3.8, 4) is 0 Å². The number of aryl methyl sites for hydroxylation is 1. The minimum atomic E-state index is -0.904. The van der Waals surface area contributed by atoms with Crippen molar-refractivity contribution in [2.75, 3.05) is 0 Å². The molecule has 98 valence electrons. The van der Waals surface area contributed by atoms with Crippen LogP contribution in [-0.4, -0.2) is 26.7 Å². The van der Waals surface area contributed by atoms with Crippen molar-refractivity contribution in [3.05, 3.63) is 18.7 Å². The van der Waals surface area contributed by atoms with Gasteiger partial charge in [-0.2, -0.15) is 0 Å². The van der Waals surface area contributed by atoms with Gasteiger partial charge in [0, 0.05) is 18.9 Å². The van der Waals surface area contributed by atoms with E-state index in [9.17, 15) is 4.79 Å². The highest BCUT2D eigenvalue weighted by Crippen LogP contribution is 2.06. The SMILES string of the molecule is Cl.NC(CCCCCCn1ccnc1)C(=O)O. The number of unbranched alkanes of at least 4 members (excludes halogenated alkanes) is 3. The highest BCUT2D eigenvalue weighted by atomic mass is 35.5. The van der Waals surface area contributed by atoms with Crippen LogP contribution in [0.2, 0.25) is 0 Å². The van der Waals surface area contributed by atoms with Crippen molar-refractivity contribution in [2.24, 2.45) is 5.73 Å². The molecule has 1 aromatic rings. The van der Waals surface area contributed by atoms with E-state index in [1.54, 1.807) is 12.5 Å². The predicted molar refractivity (Wildman–Crippen MR) is 68.2 cm³/mol. The molecule has 0 amide bonds. The molecule has 0 bridgehead atoms. The van der Waals surface area contributed by atoms with Crippen LogP contribution in [0, 0.1) is 0 Å². The Morgan fingerprint density at radius 2 is 2.06 bits per heavy atom. The molecule has 3 N–H and O–H groups in total. The fraction of sp³-hybridized carbons (Fsp3) is 0.636. The van der Waals surface area contributed by atoms with Crippen LogP contribution >= 0.6 is 12.4 Å². The van der Waals surface area contributed by atoms with Gasteiger partial charge >= 0.3 is 5.97 Å². The summed E-state index contributed by atoms with van der Waals surface area (Å²) in [5.41, 5.74) is 5.40. The summed E-state index contributed by atoms with van der Waals surface area (Å²) in [4.78, 5) is 14.4. The quantitative estimate of drug-likeness (QED) is 0.698. The van der Waals surface area contributed by atoms with E-state index < -0.39 is 12.0 Å². The molecule has 17 heavy (non-hydrogen) atoms. The summed E-state index contributed by atoms with van der Waals surface area (Å²) >= 11 is 0. The number of aromatic nitrogens is 2. The summed E-state index contributed by atoms with van der Waals surface area (Å²) in [5, 5.41) is 8.57. The summed E-state index contributed by atoms with van der Waals surface area (Å²) in [6, 6.07) is -0.700. The topological polar surface area (TPSA) is 81.1 Å². The second-order valence-electron chi connectivity index (χ2n) is 3.95. The summed E-state index contributed by atoms with van der Waals surface area (Å²) in [7, 11) is 0. The van der Waals surface area contributed by atoms with Gasteiger partial charge in [0.25, 0.3) is 0 Å². The first-order chi connectivity index (χ1) is 7.70. The van der Waals surface area contributed by atoms with E-state index in [0.717, 1.165) is 32.2 Å². The van der Waals surface area contributed by atoms with E-state index in [0.29, 0.717) is 6.42 Å². The minimum absolute atomic E-state index is 0. The maximum atomic E-state index is 10.4. The molecule has 1 aromatic heterocycles. The van der Waals surface area contributed by atoms with E-state index in [2.05, 4.69) is 4.98 Å². The van der Waals surface area contributed by atoms with Gasteiger partial charge in [-0.15, -0.1) is 12.4 Å². The van der Waals surface area contributed by atoms with Crippen LogP contribution in [0.25, 0.3) is 0 Å². The van der Waals surface area contributed by atoms with Gasteiger partial charge in [0.2, 0.25) is 0 Å². The van der Waals surface area contributed by atoms with Gasteiger partial charge in [-0.3, -0.25) is 4.79 Å². The smallest absolute Gasteiger partial charge is 0.320 e. The van der Waals surface area contributed by atoms with Crippen molar-refractivity contribution in [1.29, 1.82) is 0 Å². The summed E-state index contributed by atoms with van der Waals surface area (Å²) in [5.74, 6) is -0.904. The van der Waals surface area contributed by atoms with Crippen molar-refractivity contribution in [3.63, 3.8) is 0 Å². The standard InChI is InChI=1S/C11H19N3O2.ClH/c12-10(11(15)16)5-3-1-2-4-7-14-8-6-13-9-14;/h6,8-10H,1-5,7,12H2,(H,15,16);1H. The molecule has 0 aliphatic rings. The molecule has 0 radical (unpaired) electrons. The lowest BCUT2D eigenvalue weighted by molar-refractivity contribution is -0.138. The van der Waals surface area contributed by atoms with Crippen LogP contribution in [0.5, 0.6) is 0 Å². The number of imidazole rings is 1. The zero-order valence-corrected chi connectivity index (χ0v) is 10.6. The van der Waals surface area contributed by atoms with Crippen LogP contribution < -0.4 is 5.73 Å². The zero-order chi connectivity index (χ0) is 11.8. The number of carboxylic acid groups (broad SMARTS) is 1. The average Bonchev–Trinajstić information content (AvgIpc) is 2.75. The number of carbonyl (C=O) groups is 1. The number of rotatable bonds is 8. The fourth-order valence-corrected chi connectivity index (χ4v) is 1.55. The van der Waals surface area contributed by atoms with E-state index in [4.69, 9.17) is 10.8 Å². The molecule has 0 saturated carbocycles. The molecule has 1 heterocycles. The Morgan fingerprint density at radius 1 is 1.35 bits per heavy atom. The van der Waals surface area contributed by atoms with Gasteiger partial charge in [-0.1, -0.05) is 19.3 Å². The molecule has 0 aromatic carbocycles. The second kappa shape index (κ2) is 9.01. The molecule has 0 aliphatic carbocycles. The van der Waals surface area contributed by atoms with Gasteiger partial charge in [-0.25, -0.2) is 4.98 Å². The fourth-order valence-electron chi connectivity index (χ4n) is 1.55. The van der Waals surface area contributed by atoms with Crippen LogP contribution in [-0.2, 0) is 11.3 Å². The minimum Gasteiger partial charge on any atom is -0.480 e. The van der Waals surface area contributed by atoms with E-state index >= 15 is 0 Å². The number of carboxylic acids is 1. The number of halogens is 1. The molecule has 6 heteroatoms. The lowest BCUT2D eigenvalue weighted by Gasteiger charge is -2.06. The van der Waals surface area contributed by atoms with Crippen molar-refractivity contribution >= 4 is 18.4 Å². The lowest BCUT2D eigenvalue weighted by atomic mass is 10.1. The van der Waals surface area contributed by atoms with Crippen molar-refractivity contribution < 1.29 is 9.90 Å². The summed E-state index contributed by atoms with van der Waals surface area (Å²) in [6.07, 6.45) is 10.2. The molecular weight excluding hydrogens is 242 g/mol. The number of aliphatic carboxylic acids is 1. The van der Waals surface area contributed by atoms with E-state index in [1.807, 2.05) is 10.8 Å². The Morgan fingerprint density at radius 3 is 2.65 bits per heavy atom. The van der Waals surface area contributed by atoms with Crippen LogP contribution in [0.1, 0.15) is 32.1 Å².